The molecule has 8 heteroatoms. The minimum atomic E-state index is -0.500. The number of benzene rings is 1. The Labute approximate surface area is 171 Å². The second kappa shape index (κ2) is 8.41. The van der Waals surface area contributed by atoms with Gasteiger partial charge in [0.2, 0.25) is 0 Å². The first-order valence-corrected chi connectivity index (χ1v) is 10.0. The van der Waals surface area contributed by atoms with Crippen molar-refractivity contribution in [1.29, 1.82) is 0 Å². The largest absolute Gasteiger partial charge is 0.444 e. The molecule has 0 atom stereocenters. The van der Waals surface area contributed by atoms with Crippen LogP contribution >= 0.6 is 0 Å². The van der Waals surface area contributed by atoms with E-state index in [2.05, 4.69) is 15.2 Å². The number of carbonyl (C=O) groups excluding carboxylic acids is 2. The molecule has 2 aromatic rings. The third-order valence-corrected chi connectivity index (χ3v) is 4.80. The number of likely N-dealkylation sites (tertiary alicyclic amines) is 1. The van der Waals surface area contributed by atoms with Crippen LogP contribution in [-0.2, 0) is 11.4 Å². The van der Waals surface area contributed by atoms with E-state index in [1.54, 1.807) is 11.2 Å². The fourth-order valence-corrected chi connectivity index (χ4v) is 3.42. The highest BCUT2D eigenvalue weighted by atomic mass is 16.6. The summed E-state index contributed by atoms with van der Waals surface area (Å²) in [5, 5.41) is 3.09. The summed E-state index contributed by atoms with van der Waals surface area (Å²) in [6.07, 6.45) is 2.93. The summed E-state index contributed by atoms with van der Waals surface area (Å²) in [7, 11) is 4.00. The van der Waals surface area contributed by atoms with Crippen LogP contribution in [0.4, 0.5) is 4.79 Å². The topological polar surface area (TPSA) is 79.7 Å². The number of nitrogens with zero attached hydrogens (tertiary/aromatic N) is 4. The number of hydrogen-bond donors (Lipinski definition) is 1. The van der Waals surface area contributed by atoms with E-state index in [0.717, 1.165) is 17.7 Å². The van der Waals surface area contributed by atoms with Crippen LogP contribution in [0.25, 0.3) is 11.0 Å². The summed E-state index contributed by atoms with van der Waals surface area (Å²) in [5.74, 6) is -0.107. The second-order valence-electron chi connectivity index (χ2n) is 8.85. The van der Waals surface area contributed by atoms with Crippen molar-refractivity contribution in [2.24, 2.45) is 0 Å². The van der Waals surface area contributed by atoms with Crippen molar-refractivity contribution in [1.82, 2.24) is 24.7 Å². The molecule has 3 rings (SSSR count). The average molecular weight is 402 g/mol. The molecule has 1 aromatic carbocycles. The van der Waals surface area contributed by atoms with Crippen molar-refractivity contribution in [3.05, 3.63) is 30.1 Å². The van der Waals surface area contributed by atoms with Gasteiger partial charge in [-0.3, -0.25) is 9.69 Å². The van der Waals surface area contributed by atoms with Gasteiger partial charge in [-0.1, -0.05) is 0 Å². The first kappa shape index (κ1) is 21.1. The first-order chi connectivity index (χ1) is 13.6. The van der Waals surface area contributed by atoms with Crippen molar-refractivity contribution < 1.29 is 14.3 Å². The highest BCUT2D eigenvalue weighted by molar-refractivity contribution is 5.97. The normalized spacial score (nSPS) is 15.7. The SMILES string of the molecule is CN(C)Cn1cnc2cc(C(=O)NC3CCN(C(=O)OC(C)(C)C)CC3)ccc21. The Hall–Kier alpha value is -2.61. The molecule has 1 aliphatic rings. The lowest BCUT2D eigenvalue weighted by Crippen LogP contribution is -2.47. The molecule has 2 heterocycles. The van der Waals surface area contributed by atoms with Crippen LogP contribution in [0.3, 0.4) is 0 Å². The maximum atomic E-state index is 12.7. The van der Waals surface area contributed by atoms with Gasteiger partial charge in [-0.05, 0) is 65.9 Å². The van der Waals surface area contributed by atoms with Gasteiger partial charge in [0.05, 0.1) is 24.0 Å². The Bertz CT molecular complexity index is 876. The number of rotatable bonds is 4. The number of aromatic nitrogens is 2. The number of fused-ring (bicyclic) bond motifs is 1. The fraction of sp³-hybridized carbons (Fsp3) is 0.571. The maximum absolute atomic E-state index is 12.7. The van der Waals surface area contributed by atoms with Gasteiger partial charge in [0.25, 0.3) is 5.91 Å². The summed E-state index contributed by atoms with van der Waals surface area (Å²) in [5.41, 5.74) is 1.91. The summed E-state index contributed by atoms with van der Waals surface area (Å²) in [4.78, 5) is 33.0. The molecule has 1 N–H and O–H groups in total. The Balaban J connectivity index is 1.56. The molecule has 2 amide bonds. The molecular weight excluding hydrogens is 370 g/mol. The third kappa shape index (κ3) is 5.47. The number of piperidine rings is 1. The molecule has 1 fully saturated rings. The van der Waals surface area contributed by atoms with Gasteiger partial charge in [0, 0.05) is 24.7 Å². The van der Waals surface area contributed by atoms with Crippen LogP contribution in [0.1, 0.15) is 44.0 Å². The second-order valence-corrected chi connectivity index (χ2v) is 8.85. The van der Waals surface area contributed by atoms with Crippen LogP contribution in [0.15, 0.2) is 24.5 Å². The smallest absolute Gasteiger partial charge is 0.410 e. The predicted octanol–water partition coefficient (Wildman–Crippen LogP) is 2.68. The Morgan fingerprint density at radius 2 is 1.93 bits per heavy atom. The average Bonchev–Trinajstić information content (AvgIpc) is 3.02. The summed E-state index contributed by atoms with van der Waals surface area (Å²) < 4.78 is 7.46. The molecule has 1 saturated heterocycles. The molecule has 8 nitrogen and oxygen atoms in total. The zero-order chi connectivity index (χ0) is 21.2. The quantitative estimate of drug-likeness (QED) is 0.852. The first-order valence-electron chi connectivity index (χ1n) is 10.0. The summed E-state index contributed by atoms with van der Waals surface area (Å²) in [6, 6.07) is 5.64. The zero-order valence-corrected chi connectivity index (χ0v) is 17.9. The molecular formula is C21H31N5O3. The maximum Gasteiger partial charge on any atom is 0.410 e. The lowest BCUT2D eigenvalue weighted by atomic mass is 10.0. The number of hydrogen-bond acceptors (Lipinski definition) is 5. The van der Waals surface area contributed by atoms with E-state index in [-0.39, 0.29) is 18.0 Å². The minimum absolute atomic E-state index is 0.0446. The number of amides is 2. The van der Waals surface area contributed by atoms with E-state index in [9.17, 15) is 9.59 Å². The third-order valence-electron chi connectivity index (χ3n) is 4.80. The van der Waals surface area contributed by atoms with E-state index in [0.29, 0.717) is 31.5 Å². The van der Waals surface area contributed by atoms with Crippen LogP contribution in [0.5, 0.6) is 0 Å². The molecule has 0 radical (unpaired) electrons. The molecule has 1 aromatic heterocycles. The molecule has 0 saturated carbocycles. The lowest BCUT2D eigenvalue weighted by Gasteiger charge is -2.33. The van der Waals surface area contributed by atoms with Gasteiger partial charge in [-0.15, -0.1) is 0 Å². The molecule has 0 bridgehead atoms. The Morgan fingerprint density at radius 3 is 2.55 bits per heavy atom. The highest BCUT2D eigenvalue weighted by Crippen LogP contribution is 2.18. The predicted molar refractivity (Wildman–Crippen MR) is 112 cm³/mol. The standard InChI is InChI=1S/C21H31N5O3/c1-21(2,3)29-20(28)25-10-8-16(9-11-25)23-19(27)15-6-7-18-17(12-15)22-13-26(18)14-24(4)5/h6-7,12-13,16H,8-11,14H2,1-5H3,(H,23,27). The zero-order valence-electron chi connectivity index (χ0n) is 17.9. The minimum Gasteiger partial charge on any atom is -0.444 e. The lowest BCUT2D eigenvalue weighted by molar-refractivity contribution is 0.0199. The number of carbonyl (C=O) groups is 2. The highest BCUT2D eigenvalue weighted by Gasteiger charge is 2.27. The van der Waals surface area contributed by atoms with Gasteiger partial charge < -0.3 is 19.5 Å². The molecule has 158 valence electrons. The van der Waals surface area contributed by atoms with E-state index in [1.807, 2.05) is 57.6 Å². The van der Waals surface area contributed by atoms with Crippen LogP contribution in [-0.4, -0.2) is 70.2 Å². The monoisotopic (exact) mass is 401 g/mol. The van der Waals surface area contributed by atoms with E-state index >= 15 is 0 Å². The van der Waals surface area contributed by atoms with E-state index < -0.39 is 5.60 Å². The van der Waals surface area contributed by atoms with Crippen molar-refractivity contribution in [3.63, 3.8) is 0 Å². The van der Waals surface area contributed by atoms with Crippen LogP contribution in [0.2, 0.25) is 0 Å². The van der Waals surface area contributed by atoms with Crippen molar-refractivity contribution in [2.45, 2.75) is 51.9 Å². The van der Waals surface area contributed by atoms with Gasteiger partial charge in [0.1, 0.15) is 5.60 Å². The number of ether oxygens (including phenoxy) is 1. The Morgan fingerprint density at radius 1 is 1.24 bits per heavy atom. The van der Waals surface area contributed by atoms with Gasteiger partial charge >= 0.3 is 6.09 Å². The van der Waals surface area contributed by atoms with Crippen molar-refractivity contribution >= 4 is 23.0 Å². The molecule has 29 heavy (non-hydrogen) atoms. The molecule has 1 aliphatic heterocycles. The molecule has 0 aliphatic carbocycles. The van der Waals surface area contributed by atoms with Crippen molar-refractivity contribution in [3.8, 4) is 0 Å². The number of imidazole rings is 1. The Kier molecular flexibility index (Phi) is 6.12. The van der Waals surface area contributed by atoms with Gasteiger partial charge in [-0.2, -0.15) is 0 Å². The van der Waals surface area contributed by atoms with Gasteiger partial charge in [0.15, 0.2) is 0 Å². The molecule has 0 spiro atoms. The van der Waals surface area contributed by atoms with E-state index in [4.69, 9.17) is 4.74 Å². The van der Waals surface area contributed by atoms with Crippen molar-refractivity contribution in [2.75, 3.05) is 27.2 Å². The van der Waals surface area contributed by atoms with Crippen LogP contribution < -0.4 is 5.32 Å². The van der Waals surface area contributed by atoms with Gasteiger partial charge in [-0.25, -0.2) is 9.78 Å². The summed E-state index contributed by atoms with van der Waals surface area (Å²) >= 11 is 0. The molecule has 0 unspecified atom stereocenters. The van der Waals surface area contributed by atoms with Crippen LogP contribution in [0, 0.1) is 0 Å². The fourth-order valence-electron chi connectivity index (χ4n) is 3.42. The number of nitrogens with one attached hydrogen (secondary N) is 1. The van der Waals surface area contributed by atoms with E-state index in [1.165, 1.54) is 0 Å². The summed E-state index contributed by atoms with van der Waals surface area (Å²) in [6.45, 7) is 7.47.